The lowest BCUT2D eigenvalue weighted by Crippen LogP contribution is -2.22. The molecule has 2 aromatic rings. The number of aryl methyl sites for hydroxylation is 1. The van der Waals surface area contributed by atoms with E-state index in [4.69, 9.17) is 12.2 Å². The van der Waals surface area contributed by atoms with Crippen LogP contribution >= 0.6 is 12.2 Å². The highest BCUT2D eigenvalue weighted by molar-refractivity contribution is 7.71. The summed E-state index contributed by atoms with van der Waals surface area (Å²) < 4.78 is 4.03. The summed E-state index contributed by atoms with van der Waals surface area (Å²) in [6.07, 6.45) is 4.05. The molecule has 0 radical (unpaired) electrons. The van der Waals surface area contributed by atoms with Crippen molar-refractivity contribution in [2.45, 2.75) is 52.6 Å². The summed E-state index contributed by atoms with van der Waals surface area (Å²) in [5.74, 6) is 0.693. The minimum absolute atomic E-state index is 0.0820. The number of H-pyrrole nitrogens is 1. The van der Waals surface area contributed by atoms with E-state index in [1.807, 2.05) is 4.57 Å². The van der Waals surface area contributed by atoms with Gasteiger partial charge in [0.1, 0.15) is 5.69 Å². The van der Waals surface area contributed by atoms with E-state index in [2.05, 4.69) is 29.1 Å². The fourth-order valence-electron chi connectivity index (χ4n) is 2.07. The van der Waals surface area contributed by atoms with Gasteiger partial charge in [0.2, 0.25) is 0 Å². The van der Waals surface area contributed by atoms with Crippen LogP contribution in [0.2, 0.25) is 0 Å². The van der Waals surface area contributed by atoms with Crippen LogP contribution in [0.25, 0.3) is 11.5 Å². The molecule has 0 atom stereocenters. The Bertz CT molecular complexity index is 700. The summed E-state index contributed by atoms with van der Waals surface area (Å²) >= 11 is 5.26. The van der Waals surface area contributed by atoms with Gasteiger partial charge in [-0.3, -0.25) is 14.5 Å². The lowest BCUT2D eigenvalue weighted by molar-refractivity contribution is 0.542. The molecule has 0 aliphatic rings. The number of unbranched alkanes of at least 4 members (excludes halogenated alkanes) is 2. The van der Waals surface area contributed by atoms with Crippen LogP contribution in [0.3, 0.4) is 0 Å². The maximum atomic E-state index is 11.8. The fourth-order valence-corrected chi connectivity index (χ4v) is 2.30. The molecule has 21 heavy (non-hydrogen) atoms. The van der Waals surface area contributed by atoms with Crippen LogP contribution in [0.1, 0.15) is 39.5 Å². The van der Waals surface area contributed by atoms with E-state index in [-0.39, 0.29) is 5.56 Å². The molecule has 2 heterocycles. The highest BCUT2D eigenvalue weighted by atomic mass is 32.1. The second-order valence-corrected chi connectivity index (χ2v) is 5.38. The first-order chi connectivity index (χ1) is 10.2. The normalized spacial score (nSPS) is 11.0. The number of nitrogens with one attached hydrogen (secondary N) is 1. The third kappa shape index (κ3) is 3.66. The van der Waals surface area contributed by atoms with Gasteiger partial charge in [0.25, 0.3) is 5.56 Å². The van der Waals surface area contributed by atoms with Gasteiger partial charge in [-0.15, -0.1) is 0 Å². The molecule has 0 amide bonds. The zero-order chi connectivity index (χ0) is 15.2. The molecule has 0 fully saturated rings. The molecule has 7 heteroatoms. The van der Waals surface area contributed by atoms with Crippen LogP contribution in [-0.4, -0.2) is 24.5 Å². The van der Waals surface area contributed by atoms with Gasteiger partial charge in [0.15, 0.2) is 10.6 Å². The molecule has 114 valence electrons. The Morgan fingerprint density at radius 3 is 2.62 bits per heavy atom. The van der Waals surface area contributed by atoms with Crippen LogP contribution in [0.15, 0.2) is 16.9 Å². The molecule has 0 aromatic carbocycles. The minimum atomic E-state index is -0.0820. The van der Waals surface area contributed by atoms with Crippen molar-refractivity contribution in [2.75, 3.05) is 0 Å². The summed E-state index contributed by atoms with van der Waals surface area (Å²) in [4.78, 5) is 11.8. The molecule has 0 spiro atoms. The number of hydrogen-bond donors (Lipinski definition) is 1. The number of aromatic amines is 1. The molecule has 0 saturated carbocycles. The second kappa shape index (κ2) is 7.31. The Hall–Kier alpha value is -1.76. The molecule has 1 N–H and O–H groups in total. The first-order valence-electron chi connectivity index (χ1n) is 7.41. The van der Waals surface area contributed by atoms with E-state index in [0.29, 0.717) is 22.8 Å². The Kier molecular flexibility index (Phi) is 5.44. The predicted molar refractivity (Wildman–Crippen MR) is 84.7 cm³/mol. The molecule has 0 aliphatic carbocycles. The SMILES string of the molecule is CCCCn1nc(-c2n[nH]c(=S)n2CCCC)ccc1=O. The van der Waals surface area contributed by atoms with E-state index in [9.17, 15) is 4.79 Å². The molecule has 0 unspecified atom stereocenters. The molecular weight excluding hydrogens is 286 g/mol. The molecule has 2 rings (SSSR count). The summed E-state index contributed by atoms with van der Waals surface area (Å²) in [5, 5.41) is 11.5. The van der Waals surface area contributed by atoms with Gasteiger partial charge in [0.05, 0.1) is 0 Å². The van der Waals surface area contributed by atoms with E-state index in [1.165, 1.54) is 4.68 Å². The fraction of sp³-hybridized carbons (Fsp3) is 0.571. The number of aromatic nitrogens is 5. The van der Waals surface area contributed by atoms with E-state index in [1.54, 1.807) is 12.1 Å². The maximum absolute atomic E-state index is 11.8. The van der Waals surface area contributed by atoms with Crippen molar-refractivity contribution in [1.82, 2.24) is 24.5 Å². The van der Waals surface area contributed by atoms with Crippen molar-refractivity contribution in [2.24, 2.45) is 0 Å². The van der Waals surface area contributed by atoms with Crippen molar-refractivity contribution >= 4 is 12.2 Å². The Labute approximate surface area is 128 Å². The van der Waals surface area contributed by atoms with Crippen molar-refractivity contribution in [3.63, 3.8) is 0 Å². The van der Waals surface area contributed by atoms with Crippen LogP contribution in [0.4, 0.5) is 0 Å². The van der Waals surface area contributed by atoms with Crippen molar-refractivity contribution in [3.8, 4) is 11.5 Å². The van der Waals surface area contributed by atoms with Gasteiger partial charge in [-0.05, 0) is 31.1 Å². The first kappa shape index (κ1) is 15.6. The Balaban J connectivity index is 2.38. The molecule has 0 saturated heterocycles. The summed E-state index contributed by atoms with van der Waals surface area (Å²) in [7, 11) is 0. The standard InChI is InChI=1S/C14H21N5OS/c1-3-5-9-18-13(15-16-14(18)21)11-7-8-12(20)19(17-11)10-6-4-2/h7-8H,3-6,9-10H2,1-2H3,(H,16,21). The van der Waals surface area contributed by atoms with Crippen LogP contribution in [-0.2, 0) is 13.1 Å². The summed E-state index contributed by atoms with van der Waals surface area (Å²) in [6, 6.07) is 3.25. The van der Waals surface area contributed by atoms with Crippen molar-refractivity contribution in [3.05, 3.63) is 27.3 Å². The van der Waals surface area contributed by atoms with Crippen LogP contribution < -0.4 is 5.56 Å². The first-order valence-corrected chi connectivity index (χ1v) is 7.82. The number of rotatable bonds is 7. The highest BCUT2D eigenvalue weighted by Crippen LogP contribution is 2.14. The smallest absolute Gasteiger partial charge is 0.266 e. The van der Waals surface area contributed by atoms with Gasteiger partial charge in [-0.2, -0.15) is 10.2 Å². The third-order valence-corrected chi connectivity index (χ3v) is 3.62. The maximum Gasteiger partial charge on any atom is 0.266 e. The lowest BCUT2D eigenvalue weighted by atomic mass is 10.3. The lowest BCUT2D eigenvalue weighted by Gasteiger charge is -2.08. The third-order valence-electron chi connectivity index (χ3n) is 3.31. The Morgan fingerprint density at radius 1 is 1.19 bits per heavy atom. The second-order valence-electron chi connectivity index (χ2n) is 4.99. The van der Waals surface area contributed by atoms with Gasteiger partial charge in [0, 0.05) is 19.2 Å². The largest absolute Gasteiger partial charge is 0.299 e. The average molecular weight is 307 g/mol. The van der Waals surface area contributed by atoms with Gasteiger partial charge in [-0.25, -0.2) is 4.68 Å². The zero-order valence-corrected chi connectivity index (χ0v) is 13.3. The molecule has 0 aliphatic heterocycles. The van der Waals surface area contributed by atoms with Gasteiger partial charge >= 0.3 is 0 Å². The van der Waals surface area contributed by atoms with Gasteiger partial charge in [-0.1, -0.05) is 26.7 Å². The zero-order valence-electron chi connectivity index (χ0n) is 12.5. The van der Waals surface area contributed by atoms with Crippen molar-refractivity contribution in [1.29, 1.82) is 0 Å². The summed E-state index contributed by atoms with van der Waals surface area (Å²) in [5.41, 5.74) is 0.593. The minimum Gasteiger partial charge on any atom is -0.299 e. The molecule has 0 bridgehead atoms. The number of hydrogen-bond acceptors (Lipinski definition) is 4. The van der Waals surface area contributed by atoms with Crippen LogP contribution in [0, 0.1) is 4.77 Å². The quantitative estimate of drug-likeness (QED) is 0.799. The van der Waals surface area contributed by atoms with Crippen LogP contribution in [0.5, 0.6) is 0 Å². The monoisotopic (exact) mass is 307 g/mol. The number of nitrogens with zero attached hydrogens (tertiary/aromatic N) is 4. The van der Waals surface area contributed by atoms with E-state index < -0.39 is 0 Å². The molecular formula is C14H21N5OS. The average Bonchev–Trinajstić information content (AvgIpc) is 2.85. The highest BCUT2D eigenvalue weighted by Gasteiger charge is 2.11. The predicted octanol–water partition coefficient (Wildman–Crippen LogP) is 2.76. The topological polar surface area (TPSA) is 68.5 Å². The Morgan fingerprint density at radius 2 is 1.90 bits per heavy atom. The summed E-state index contributed by atoms with van der Waals surface area (Å²) in [6.45, 7) is 5.65. The molecule has 6 nitrogen and oxygen atoms in total. The van der Waals surface area contributed by atoms with E-state index >= 15 is 0 Å². The van der Waals surface area contributed by atoms with Crippen molar-refractivity contribution < 1.29 is 0 Å². The van der Waals surface area contributed by atoms with Gasteiger partial charge < -0.3 is 0 Å². The van der Waals surface area contributed by atoms with E-state index in [0.717, 1.165) is 32.2 Å². The molecule has 2 aromatic heterocycles.